The zero-order chi connectivity index (χ0) is 32.8. The van der Waals surface area contributed by atoms with Crippen molar-refractivity contribution in [2.45, 2.75) is 29.3 Å². The molecule has 5 rings (SSSR count). The van der Waals surface area contributed by atoms with Crippen molar-refractivity contribution >= 4 is 69.5 Å². The van der Waals surface area contributed by atoms with E-state index in [9.17, 15) is 36.3 Å². The Labute approximate surface area is 269 Å². The molecule has 45 heavy (non-hydrogen) atoms. The fourth-order valence-corrected chi connectivity index (χ4v) is 6.31. The molecular weight excluding hydrogens is 691 g/mol. The smallest absolute Gasteiger partial charge is 0.326 e. The number of halogens is 9. The van der Waals surface area contributed by atoms with Crippen LogP contribution in [-0.2, 0) is 23.8 Å². The molecule has 3 aromatic carbocycles. The van der Waals surface area contributed by atoms with Crippen molar-refractivity contribution in [3.05, 3.63) is 110 Å². The van der Waals surface area contributed by atoms with E-state index in [1.165, 1.54) is 24.4 Å². The average Bonchev–Trinajstić information content (AvgIpc) is 3.27. The Morgan fingerprint density at radius 1 is 0.933 bits per heavy atom. The molecule has 0 radical (unpaired) electrons. The minimum Gasteiger partial charge on any atom is -0.326 e. The molecule has 1 aliphatic carbocycles. The number of hydrogen-bond acceptors (Lipinski definition) is 6. The van der Waals surface area contributed by atoms with Gasteiger partial charge in [0.15, 0.2) is 11.6 Å². The molecular formula is C29H16Cl3F6N3O3S. The van der Waals surface area contributed by atoms with Crippen molar-refractivity contribution in [2.24, 2.45) is 5.92 Å². The number of nitrogens with zero attached hydrogens (tertiary/aromatic N) is 2. The first kappa shape index (κ1) is 32.9. The van der Waals surface area contributed by atoms with E-state index in [0.717, 1.165) is 29.7 Å². The van der Waals surface area contributed by atoms with E-state index in [4.69, 9.17) is 34.8 Å². The van der Waals surface area contributed by atoms with Crippen LogP contribution in [0.25, 0.3) is 0 Å². The Bertz CT molecular complexity index is 1840. The normalized spacial score (nSPS) is 17.2. The standard InChI is InChI=1S/C29H16Cl3F6N3O3S/c30-18-4-3-14(40-27(44)25-24(28(25,31)32)12-1-6-20(34)17(7-12)29(36,37)38)9-15(18)21(42)8-13-2-5-19(33)16(26(13)35)10-22(43)23-11-39-41-45-23/h1-7,9,11,24-25H,8,10H2,(H,40,44)/t24-,25+/m0/s1. The summed E-state index contributed by atoms with van der Waals surface area (Å²) in [7, 11) is 0. The molecule has 0 bridgehead atoms. The minimum atomic E-state index is -4.99. The third-order valence-electron chi connectivity index (χ3n) is 7.12. The number of carbonyl (C=O) groups is 3. The molecule has 1 fully saturated rings. The van der Waals surface area contributed by atoms with E-state index in [2.05, 4.69) is 14.9 Å². The maximum Gasteiger partial charge on any atom is 0.419 e. The number of nitrogens with one attached hydrogen (secondary N) is 1. The number of hydrogen-bond donors (Lipinski definition) is 1. The summed E-state index contributed by atoms with van der Waals surface area (Å²) >= 11 is 19.4. The zero-order valence-corrected chi connectivity index (χ0v) is 25.3. The van der Waals surface area contributed by atoms with E-state index in [-0.39, 0.29) is 32.3 Å². The first-order valence-electron chi connectivity index (χ1n) is 12.7. The van der Waals surface area contributed by atoms with E-state index in [1.807, 2.05) is 0 Å². The van der Waals surface area contributed by atoms with Gasteiger partial charge in [0, 0.05) is 35.6 Å². The van der Waals surface area contributed by atoms with Crippen molar-refractivity contribution in [1.29, 1.82) is 0 Å². The van der Waals surface area contributed by atoms with Crippen molar-refractivity contribution in [2.75, 3.05) is 5.32 Å². The highest BCUT2D eigenvalue weighted by Crippen LogP contribution is 2.65. The van der Waals surface area contributed by atoms with Crippen LogP contribution in [0.5, 0.6) is 0 Å². The summed E-state index contributed by atoms with van der Waals surface area (Å²) < 4.78 is 84.8. The number of benzene rings is 3. The summed E-state index contributed by atoms with van der Waals surface area (Å²) in [6, 6.07) is 7.96. The lowest BCUT2D eigenvalue weighted by atomic mass is 9.97. The van der Waals surface area contributed by atoms with Gasteiger partial charge in [0.05, 0.1) is 22.7 Å². The molecule has 1 amide bonds. The molecule has 0 aliphatic heterocycles. The molecule has 1 heterocycles. The third-order valence-corrected chi connectivity index (χ3v) is 9.09. The van der Waals surface area contributed by atoms with Gasteiger partial charge in [0.2, 0.25) is 5.91 Å². The quantitative estimate of drug-likeness (QED) is 0.108. The Morgan fingerprint density at radius 3 is 2.31 bits per heavy atom. The highest BCUT2D eigenvalue weighted by molar-refractivity contribution is 7.07. The summed E-state index contributed by atoms with van der Waals surface area (Å²) in [6.45, 7) is 0. The van der Waals surface area contributed by atoms with Gasteiger partial charge in [-0.25, -0.2) is 13.2 Å². The van der Waals surface area contributed by atoms with Gasteiger partial charge in [-0.2, -0.15) is 13.2 Å². The van der Waals surface area contributed by atoms with Gasteiger partial charge in [-0.15, -0.1) is 28.3 Å². The summed E-state index contributed by atoms with van der Waals surface area (Å²) in [5.41, 5.74) is -2.52. The topological polar surface area (TPSA) is 89.0 Å². The molecule has 6 nitrogen and oxygen atoms in total. The highest BCUT2D eigenvalue weighted by atomic mass is 35.5. The Hall–Kier alpha value is -3.52. The third kappa shape index (κ3) is 6.71. The number of rotatable bonds is 9. The van der Waals surface area contributed by atoms with Crippen LogP contribution in [0.3, 0.4) is 0 Å². The fourth-order valence-electron chi connectivity index (χ4n) is 4.81. The first-order chi connectivity index (χ1) is 21.1. The predicted molar refractivity (Wildman–Crippen MR) is 154 cm³/mol. The molecule has 1 aromatic heterocycles. The molecule has 1 saturated carbocycles. The largest absolute Gasteiger partial charge is 0.419 e. The molecule has 0 unspecified atom stereocenters. The van der Waals surface area contributed by atoms with Gasteiger partial charge in [-0.3, -0.25) is 14.4 Å². The minimum absolute atomic E-state index is 0.0293. The summed E-state index contributed by atoms with van der Waals surface area (Å²) in [6.07, 6.45) is -5.04. The van der Waals surface area contributed by atoms with Crippen LogP contribution in [0, 0.1) is 23.4 Å². The van der Waals surface area contributed by atoms with Gasteiger partial charge < -0.3 is 5.32 Å². The lowest BCUT2D eigenvalue weighted by Crippen LogP contribution is -2.17. The predicted octanol–water partition coefficient (Wildman–Crippen LogP) is 8.00. The van der Waals surface area contributed by atoms with Gasteiger partial charge in [0.25, 0.3) is 0 Å². The number of alkyl halides is 5. The Balaban J connectivity index is 1.32. The molecule has 234 valence electrons. The molecule has 1 N–H and O–H groups in total. The number of ketones is 2. The number of anilines is 1. The molecule has 4 aromatic rings. The van der Waals surface area contributed by atoms with E-state index >= 15 is 4.39 Å². The van der Waals surface area contributed by atoms with Gasteiger partial charge in [-0.1, -0.05) is 28.2 Å². The van der Waals surface area contributed by atoms with Crippen molar-refractivity contribution in [3.8, 4) is 0 Å². The Morgan fingerprint density at radius 2 is 1.64 bits per heavy atom. The Kier molecular flexibility index (Phi) is 9.02. The van der Waals surface area contributed by atoms with Crippen LogP contribution in [-0.4, -0.2) is 31.4 Å². The molecule has 0 saturated heterocycles. The number of Topliss-reactive ketones (excluding diaryl/α,β-unsaturated/α-hetero) is 2. The second-order valence-corrected chi connectivity index (χ2v) is 12.7. The van der Waals surface area contributed by atoms with Crippen LogP contribution in [0.4, 0.5) is 32.0 Å². The van der Waals surface area contributed by atoms with Crippen LogP contribution in [0.1, 0.15) is 48.2 Å². The highest BCUT2D eigenvalue weighted by Gasteiger charge is 2.67. The molecule has 0 spiro atoms. The van der Waals surface area contributed by atoms with Crippen LogP contribution in [0.2, 0.25) is 5.02 Å². The summed E-state index contributed by atoms with van der Waals surface area (Å²) in [5, 5.41) is 5.94. The summed E-state index contributed by atoms with van der Waals surface area (Å²) in [4.78, 5) is 38.7. The van der Waals surface area contributed by atoms with E-state index in [1.54, 1.807) is 0 Å². The van der Waals surface area contributed by atoms with Gasteiger partial charge in [-0.05, 0) is 59.1 Å². The van der Waals surface area contributed by atoms with E-state index < -0.39 is 81.2 Å². The first-order valence-corrected chi connectivity index (χ1v) is 14.6. The van der Waals surface area contributed by atoms with E-state index in [0.29, 0.717) is 12.1 Å². The van der Waals surface area contributed by atoms with Crippen molar-refractivity contribution < 1.29 is 40.7 Å². The summed E-state index contributed by atoms with van der Waals surface area (Å²) in [5.74, 6) is -8.06. The number of amides is 1. The SMILES string of the molecule is O=C(Cc1c(F)ccc(CC(=O)c2cc(NC(=O)[C@H]3[C@H](c4ccc(F)c(C(F)(F)F)c4)C3(Cl)Cl)ccc2Cl)c1F)c1cnns1. The maximum absolute atomic E-state index is 15.3. The average molecular weight is 707 g/mol. The second-order valence-electron chi connectivity index (χ2n) is 10.0. The van der Waals surface area contributed by atoms with Crippen LogP contribution >= 0.6 is 46.3 Å². The monoisotopic (exact) mass is 705 g/mol. The maximum atomic E-state index is 15.3. The molecule has 16 heteroatoms. The fraction of sp³-hybridized carbons (Fsp3) is 0.207. The number of carbonyl (C=O) groups excluding carboxylic acids is 3. The van der Waals surface area contributed by atoms with Crippen molar-refractivity contribution in [3.63, 3.8) is 0 Å². The lowest BCUT2D eigenvalue weighted by molar-refractivity contribution is -0.140. The molecule has 2 atom stereocenters. The van der Waals surface area contributed by atoms with Crippen LogP contribution < -0.4 is 5.32 Å². The second kappa shape index (κ2) is 12.3. The van der Waals surface area contributed by atoms with Crippen LogP contribution in [0.15, 0.2) is 54.7 Å². The van der Waals surface area contributed by atoms with Gasteiger partial charge >= 0.3 is 6.18 Å². The van der Waals surface area contributed by atoms with Gasteiger partial charge in [0.1, 0.15) is 26.7 Å². The van der Waals surface area contributed by atoms with Crippen molar-refractivity contribution in [1.82, 2.24) is 9.59 Å². The number of aromatic nitrogens is 2. The molecule has 1 aliphatic rings. The lowest BCUT2D eigenvalue weighted by Gasteiger charge is -2.11. The zero-order valence-electron chi connectivity index (χ0n) is 22.2.